The lowest BCUT2D eigenvalue weighted by Gasteiger charge is -2.58. The third kappa shape index (κ3) is 3.27. The third-order valence-corrected chi connectivity index (χ3v) is 5.72. The standard InChI is InChI=1S/C21H22FN3O2/c1-13(26)25-11-21(12-25)9-16(10-21)20(27)24-19-8-15(4-7-18(19)23)14-2-5-17(22)6-3-14/h2-8,16H,9-12,23H2,1H3,(H,24,27). The number of nitrogens with one attached hydrogen (secondary N) is 1. The fraction of sp³-hybridized carbons (Fsp3) is 0.333. The Morgan fingerprint density at radius 1 is 1.11 bits per heavy atom. The van der Waals surface area contributed by atoms with E-state index in [-0.39, 0.29) is 29.0 Å². The first-order chi connectivity index (χ1) is 12.8. The van der Waals surface area contributed by atoms with E-state index in [0.717, 1.165) is 37.1 Å². The van der Waals surface area contributed by atoms with Crippen molar-refractivity contribution < 1.29 is 14.0 Å². The van der Waals surface area contributed by atoms with Crippen LogP contribution in [0.5, 0.6) is 0 Å². The van der Waals surface area contributed by atoms with Crippen molar-refractivity contribution in [2.24, 2.45) is 11.3 Å². The fourth-order valence-electron chi connectivity index (χ4n) is 4.14. The maximum atomic E-state index is 13.1. The molecule has 5 nitrogen and oxygen atoms in total. The summed E-state index contributed by atoms with van der Waals surface area (Å²) in [5.41, 5.74) is 8.94. The lowest BCUT2D eigenvalue weighted by atomic mass is 9.57. The Morgan fingerprint density at radius 2 is 1.74 bits per heavy atom. The first-order valence-corrected chi connectivity index (χ1v) is 9.07. The van der Waals surface area contributed by atoms with Gasteiger partial charge in [-0.05, 0) is 48.2 Å². The van der Waals surface area contributed by atoms with Gasteiger partial charge in [0.05, 0.1) is 11.4 Å². The molecule has 6 heteroatoms. The van der Waals surface area contributed by atoms with Crippen molar-refractivity contribution in [2.45, 2.75) is 19.8 Å². The van der Waals surface area contributed by atoms with Crippen molar-refractivity contribution in [3.8, 4) is 11.1 Å². The van der Waals surface area contributed by atoms with Crippen LogP contribution in [0, 0.1) is 17.2 Å². The first-order valence-electron chi connectivity index (χ1n) is 9.07. The predicted molar refractivity (Wildman–Crippen MR) is 102 cm³/mol. The summed E-state index contributed by atoms with van der Waals surface area (Å²) in [5.74, 6) is -0.280. The van der Waals surface area contributed by atoms with E-state index in [9.17, 15) is 14.0 Å². The number of carbonyl (C=O) groups excluding carboxylic acids is 2. The maximum Gasteiger partial charge on any atom is 0.227 e. The van der Waals surface area contributed by atoms with Gasteiger partial charge < -0.3 is 16.0 Å². The molecule has 2 aromatic carbocycles. The summed E-state index contributed by atoms with van der Waals surface area (Å²) in [7, 11) is 0. The number of anilines is 2. The molecule has 1 aliphatic carbocycles. The molecule has 140 valence electrons. The highest BCUT2D eigenvalue weighted by Gasteiger charge is 2.54. The summed E-state index contributed by atoms with van der Waals surface area (Å²) < 4.78 is 13.1. The second kappa shape index (κ2) is 6.37. The van der Waals surface area contributed by atoms with Crippen molar-refractivity contribution >= 4 is 23.2 Å². The first kappa shape index (κ1) is 17.5. The highest BCUT2D eigenvalue weighted by Crippen LogP contribution is 2.52. The van der Waals surface area contributed by atoms with E-state index in [4.69, 9.17) is 5.73 Å². The molecule has 1 aliphatic heterocycles. The Bertz CT molecular complexity index is 896. The molecule has 1 spiro atoms. The number of halogens is 1. The average molecular weight is 367 g/mol. The van der Waals surface area contributed by atoms with Crippen molar-refractivity contribution in [3.63, 3.8) is 0 Å². The topological polar surface area (TPSA) is 75.4 Å². The normalized spacial score (nSPS) is 17.9. The Balaban J connectivity index is 1.41. The monoisotopic (exact) mass is 367 g/mol. The van der Waals surface area contributed by atoms with Crippen LogP contribution in [-0.4, -0.2) is 29.8 Å². The van der Waals surface area contributed by atoms with Crippen LogP contribution in [0.4, 0.5) is 15.8 Å². The number of nitrogens with zero attached hydrogens (tertiary/aromatic N) is 1. The fourth-order valence-corrected chi connectivity index (χ4v) is 4.14. The summed E-state index contributed by atoms with van der Waals surface area (Å²) in [6.45, 7) is 3.09. The van der Waals surface area contributed by atoms with Gasteiger partial charge in [0.15, 0.2) is 0 Å². The van der Waals surface area contributed by atoms with Gasteiger partial charge in [0.2, 0.25) is 11.8 Å². The van der Waals surface area contributed by atoms with Crippen molar-refractivity contribution in [2.75, 3.05) is 24.1 Å². The number of amides is 2. The van der Waals surface area contributed by atoms with Gasteiger partial charge in [-0.3, -0.25) is 9.59 Å². The predicted octanol–water partition coefficient (Wildman–Crippen LogP) is 3.27. The van der Waals surface area contributed by atoms with Gasteiger partial charge in [0, 0.05) is 31.3 Å². The number of carbonyl (C=O) groups is 2. The molecule has 4 rings (SSSR count). The number of rotatable bonds is 3. The zero-order valence-electron chi connectivity index (χ0n) is 15.2. The summed E-state index contributed by atoms with van der Waals surface area (Å²) in [6.07, 6.45) is 1.61. The minimum atomic E-state index is -0.291. The maximum absolute atomic E-state index is 13.1. The van der Waals surface area contributed by atoms with E-state index in [1.54, 1.807) is 25.1 Å². The minimum absolute atomic E-state index is 0.0372. The molecule has 2 amide bonds. The second-order valence-corrected chi connectivity index (χ2v) is 7.78. The Morgan fingerprint density at radius 3 is 2.37 bits per heavy atom. The van der Waals surface area contributed by atoms with E-state index < -0.39 is 0 Å². The van der Waals surface area contributed by atoms with Crippen LogP contribution in [0.25, 0.3) is 11.1 Å². The molecule has 0 bridgehead atoms. The van der Waals surface area contributed by atoms with E-state index in [1.165, 1.54) is 12.1 Å². The number of nitrogen functional groups attached to an aromatic ring is 1. The van der Waals surface area contributed by atoms with Crippen LogP contribution in [0.15, 0.2) is 42.5 Å². The summed E-state index contributed by atoms with van der Waals surface area (Å²) in [4.78, 5) is 25.7. The molecule has 1 saturated carbocycles. The van der Waals surface area contributed by atoms with Crippen molar-refractivity contribution in [3.05, 3.63) is 48.3 Å². The van der Waals surface area contributed by atoms with Gasteiger partial charge in [0.25, 0.3) is 0 Å². The SMILES string of the molecule is CC(=O)N1CC2(CC(C(=O)Nc3cc(-c4ccc(F)cc4)ccc3N)C2)C1. The highest BCUT2D eigenvalue weighted by molar-refractivity contribution is 5.97. The number of hydrogen-bond donors (Lipinski definition) is 2. The molecule has 2 fully saturated rings. The van der Waals surface area contributed by atoms with Gasteiger partial charge in [-0.2, -0.15) is 0 Å². The van der Waals surface area contributed by atoms with Crippen molar-refractivity contribution in [1.82, 2.24) is 4.90 Å². The van der Waals surface area contributed by atoms with Gasteiger partial charge >= 0.3 is 0 Å². The number of likely N-dealkylation sites (tertiary alicyclic amines) is 1. The highest BCUT2D eigenvalue weighted by atomic mass is 19.1. The molecule has 0 unspecified atom stereocenters. The Hall–Kier alpha value is -2.89. The van der Waals surface area contributed by atoms with Gasteiger partial charge in [-0.25, -0.2) is 4.39 Å². The molecule has 2 aliphatic rings. The van der Waals surface area contributed by atoms with E-state index in [2.05, 4.69) is 5.32 Å². The molecule has 2 aromatic rings. The molecule has 27 heavy (non-hydrogen) atoms. The third-order valence-electron chi connectivity index (χ3n) is 5.72. The zero-order chi connectivity index (χ0) is 19.2. The summed E-state index contributed by atoms with van der Waals surface area (Å²) in [5, 5.41) is 2.94. The quantitative estimate of drug-likeness (QED) is 0.818. The van der Waals surface area contributed by atoms with Crippen molar-refractivity contribution in [1.29, 1.82) is 0 Å². The van der Waals surface area contributed by atoms with E-state index in [1.807, 2.05) is 17.0 Å². The summed E-state index contributed by atoms with van der Waals surface area (Å²) in [6, 6.07) is 11.6. The molecule has 3 N–H and O–H groups in total. The Kier molecular flexibility index (Phi) is 4.13. The van der Waals surface area contributed by atoms with Crippen LogP contribution in [0.2, 0.25) is 0 Å². The lowest BCUT2D eigenvalue weighted by Crippen LogP contribution is -2.64. The van der Waals surface area contributed by atoms with Gasteiger partial charge in [-0.15, -0.1) is 0 Å². The van der Waals surface area contributed by atoms with Gasteiger partial charge in [-0.1, -0.05) is 18.2 Å². The molecule has 0 aromatic heterocycles. The molecule has 1 saturated heterocycles. The number of nitrogens with two attached hydrogens (primary N) is 1. The van der Waals surface area contributed by atoms with Crippen LogP contribution in [0.1, 0.15) is 19.8 Å². The van der Waals surface area contributed by atoms with Crippen LogP contribution in [-0.2, 0) is 9.59 Å². The number of hydrogen-bond acceptors (Lipinski definition) is 3. The number of benzene rings is 2. The zero-order valence-corrected chi connectivity index (χ0v) is 15.2. The smallest absolute Gasteiger partial charge is 0.227 e. The Labute approximate surface area is 157 Å². The van der Waals surface area contributed by atoms with E-state index in [0.29, 0.717) is 11.4 Å². The molecular formula is C21H22FN3O2. The summed E-state index contributed by atoms with van der Waals surface area (Å²) >= 11 is 0. The largest absolute Gasteiger partial charge is 0.397 e. The molecule has 1 heterocycles. The van der Waals surface area contributed by atoms with Crippen LogP contribution in [0.3, 0.4) is 0 Å². The lowest BCUT2D eigenvalue weighted by molar-refractivity contribution is -0.156. The van der Waals surface area contributed by atoms with Crippen LogP contribution >= 0.6 is 0 Å². The second-order valence-electron chi connectivity index (χ2n) is 7.78. The van der Waals surface area contributed by atoms with Crippen LogP contribution < -0.4 is 11.1 Å². The molecule has 0 radical (unpaired) electrons. The van der Waals surface area contributed by atoms with E-state index >= 15 is 0 Å². The van der Waals surface area contributed by atoms with Gasteiger partial charge in [0.1, 0.15) is 5.82 Å². The molecule has 0 atom stereocenters. The minimum Gasteiger partial charge on any atom is -0.397 e. The molecular weight excluding hydrogens is 345 g/mol. The average Bonchev–Trinajstić information content (AvgIpc) is 2.55.